The average Bonchev–Trinajstić information content (AvgIpc) is 2.52. The van der Waals surface area contributed by atoms with Crippen molar-refractivity contribution in [3.8, 4) is 0 Å². The summed E-state index contributed by atoms with van der Waals surface area (Å²) in [6.07, 6.45) is 1.85. The van der Waals surface area contributed by atoms with Crippen molar-refractivity contribution < 1.29 is 14.6 Å². The van der Waals surface area contributed by atoms with E-state index in [1.807, 2.05) is 30.3 Å². The molecule has 104 valence electrons. The third-order valence-corrected chi connectivity index (χ3v) is 2.74. The lowest BCUT2D eigenvalue weighted by Gasteiger charge is -2.12. The summed E-state index contributed by atoms with van der Waals surface area (Å²) in [7, 11) is 0. The molecule has 0 aliphatic rings. The third-order valence-electron chi connectivity index (χ3n) is 2.74. The Hall–Kier alpha value is -2.40. The number of amides is 1. The molecule has 1 aromatic carbocycles. The monoisotopic (exact) mass is 272 g/mol. The number of nitrogens with one attached hydrogen (secondary N) is 1. The first-order valence-electron chi connectivity index (χ1n) is 6.28. The molecular weight excluding hydrogens is 256 g/mol. The minimum absolute atomic E-state index is 0.0949. The fourth-order valence-electron chi connectivity index (χ4n) is 1.66. The van der Waals surface area contributed by atoms with Crippen molar-refractivity contribution in [2.75, 3.05) is 6.54 Å². The highest BCUT2D eigenvalue weighted by Gasteiger charge is 2.09. The van der Waals surface area contributed by atoms with Crippen LogP contribution in [0.5, 0.6) is 0 Å². The molecule has 2 N–H and O–H groups in total. The van der Waals surface area contributed by atoms with Crippen LogP contribution in [0.3, 0.4) is 0 Å². The maximum absolute atomic E-state index is 11.5. The molecule has 1 heterocycles. The Labute approximate surface area is 117 Å². The van der Waals surface area contributed by atoms with Crippen molar-refractivity contribution in [3.05, 3.63) is 66.0 Å². The Bertz CT molecular complexity index is 531. The van der Waals surface area contributed by atoms with Crippen LogP contribution in [0.1, 0.15) is 17.2 Å². The van der Waals surface area contributed by atoms with Gasteiger partial charge >= 0.3 is 6.09 Å². The maximum Gasteiger partial charge on any atom is 0.407 e. The number of aromatic nitrogens is 1. The topological polar surface area (TPSA) is 71.5 Å². The molecule has 0 fully saturated rings. The summed E-state index contributed by atoms with van der Waals surface area (Å²) in [5.74, 6) is 0. The van der Waals surface area contributed by atoms with E-state index in [-0.39, 0.29) is 13.2 Å². The highest BCUT2D eigenvalue weighted by Crippen LogP contribution is 2.09. The van der Waals surface area contributed by atoms with Gasteiger partial charge in [-0.05, 0) is 23.3 Å². The summed E-state index contributed by atoms with van der Waals surface area (Å²) in [5.41, 5.74) is 1.61. The van der Waals surface area contributed by atoms with Crippen molar-refractivity contribution in [2.24, 2.45) is 0 Å². The Kier molecular flexibility index (Phi) is 5.08. The summed E-state index contributed by atoms with van der Waals surface area (Å²) in [6.45, 7) is 0.301. The number of alkyl carbamates (subject to hydrolysis) is 1. The number of benzene rings is 1. The van der Waals surface area contributed by atoms with Crippen LogP contribution in [0.2, 0.25) is 0 Å². The van der Waals surface area contributed by atoms with Gasteiger partial charge in [0.05, 0.1) is 12.6 Å². The molecule has 1 atom stereocenters. The number of carbonyl (C=O) groups is 1. The van der Waals surface area contributed by atoms with Crippen LogP contribution in [0, 0.1) is 0 Å². The van der Waals surface area contributed by atoms with E-state index >= 15 is 0 Å². The molecule has 1 aromatic heterocycles. The molecule has 0 saturated carbocycles. The summed E-state index contributed by atoms with van der Waals surface area (Å²) < 4.78 is 5.04. The molecule has 0 saturated heterocycles. The zero-order chi connectivity index (χ0) is 14.2. The van der Waals surface area contributed by atoms with E-state index < -0.39 is 12.2 Å². The van der Waals surface area contributed by atoms with Gasteiger partial charge in [-0.3, -0.25) is 4.98 Å². The number of aliphatic hydroxyl groups excluding tert-OH is 1. The fraction of sp³-hybridized carbons (Fsp3) is 0.200. The van der Waals surface area contributed by atoms with Gasteiger partial charge in [0.1, 0.15) is 6.61 Å². The first kappa shape index (κ1) is 14.0. The van der Waals surface area contributed by atoms with Gasteiger partial charge in [0.2, 0.25) is 0 Å². The van der Waals surface area contributed by atoms with Crippen LogP contribution in [0.4, 0.5) is 4.79 Å². The molecule has 5 nitrogen and oxygen atoms in total. The second-order valence-electron chi connectivity index (χ2n) is 4.24. The number of nitrogens with zero attached hydrogens (tertiary/aromatic N) is 1. The first-order valence-corrected chi connectivity index (χ1v) is 6.28. The number of hydrogen-bond acceptors (Lipinski definition) is 4. The Morgan fingerprint density at radius 2 is 1.90 bits per heavy atom. The van der Waals surface area contributed by atoms with Crippen LogP contribution in [-0.4, -0.2) is 22.7 Å². The third kappa shape index (κ3) is 4.37. The molecule has 0 radical (unpaired) electrons. The second-order valence-corrected chi connectivity index (χ2v) is 4.24. The maximum atomic E-state index is 11.5. The van der Waals surface area contributed by atoms with Crippen molar-refractivity contribution in [1.29, 1.82) is 0 Å². The molecule has 0 bridgehead atoms. The number of carbonyl (C=O) groups excluding carboxylic acids is 1. The SMILES string of the molecule is O=C(NCC(O)c1ccncc1)OCc1ccccc1. The van der Waals surface area contributed by atoms with Crippen LogP contribution < -0.4 is 5.32 Å². The summed E-state index contributed by atoms with van der Waals surface area (Å²) >= 11 is 0. The van der Waals surface area contributed by atoms with E-state index in [0.29, 0.717) is 5.56 Å². The molecule has 2 rings (SSSR count). The van der Waals surface area contributed by atoms with Gasteiger partial charge in [-0.15, -0.1) is 0 Å². The van der Waals surface area contributed by atoms with Gasteiger partial charge in [0, 0.05) is 12.4 Å². The van der Waals surface area contributed by atoms with Crippen molar-refractivity contribution in [1.82, 2.24) is 10.3 Å². The largest absolute Gasteiger partial charge is 0.445 e. The normalized spacial score (nSPS) is 11.7. The lowest BCUT2D eigenvalue weighted by atomic mass is 10.1. The quantitative estimate of drug-likeness (QED) is 0.873. The van der Waals surface area contributed by atoms with E-state index in [1.54, 1.807) is 24.5 Å². The summed E-state index contributed by atoms with van der Waals surface area (Å²) in [4.78, 5) is 15.4. The molecule has 5 heteroatoms. The molecule has 0 aliphatic carbocycles. The number of hydrogen-bond donors (Lipinski definition) is 2. The predicted molar refractivity (Wildman–Crippen MR) is 73.8 cm³/mol. The zero-order valence-corrected chi connectivity index (χ0v) is 10.9. The second kappa shape index (κ2) is 7.25. The van der Waals surface area contributed by atoms with Gasteiger partial charge in [0.15, 0.2) is 0 Å². The molecular formula is C15H16N2O3. The van der Waals surface area contributed by atoms with E-state index in [0.717, 1.165) is 5.56 Å². The van der Waals surface area contributed by atoms with Gasteiger partial charge in [-0.2, -0.15) is 0 Å². The first-order chi connectivity index (χ1) is 9.75. The van der Waals surface area contributed by atoms with Crippen molar-refractivity contribution in [2.45, 2.75) is 12.7 Å². The fourth-order valence-corrected chi connectivity index (χ4v) is 1.66. The standard InChI is InChI=1S/C15H16N2O3/c18-14(13-6-8-16-9-7-13)10-17-15(19)20-11-12-4-2-1-3-5-12/h1-9,14,18H,10-11H2,(H,17,19). The summed E-state index contributed by atoms with van der Waals surface area (Å²) in [6, 6.07) is 12.8. The van der Waals surface area contributed by atoms with Crippen LogP contribution >= 0.6 is 0 Å². The van der Waals surface area contributed by atoms with Crippen LogP contribution in [-0.2, 0) is 11.3 Å². The minimum atomic E-state index is -0.776. The summed E-state index contributed by atoms with van der Waals surface area (Å²) in [5, 5.41) is 12.4. The minimum Gasteiger partial charge on any atom is -0.445 e. The Morgan fingerprint density at radius 1 is 1.20 bits per heavy atom. The van der Waals surface area contributed by atoms with Gasteiger partial charge < -0.3 is 15.2 Å². The van der Waals surface area contributed by atoms with E-state index in [2.05, 4.69) is 10.3 Å². The van der Waals surface area contributed by atoms with E-state index in [4.69, 9.17) is 4.74 Å². The molecule has 1 amide bonds. The van der Waals surface area contributed by atoms with E-state index in [1.165, 1.54) is 0 Å². The average molecular weight is 272 g/mol. The molecule has 20 heavy (non-hydrogen) atoms. The van der Waals surface area contributed by atoms with Gasteiger partial charge in [-0.1, -0.05) is 30.3 Å². The Balaban J connectivity index is 1.73. The zero-order valence-electron chi connectivity index (χ0n) is 10.9. The number of ether oxygens (including phenoxy) is 1. The van der Waals surface area contributed by atoms with Crippen molar-refractivity contribution >= 4 is 6.09 Å². The Morgan fingerprint density at radius 3 is 2.60 bits per heavy atom. The molecule has 0 aliphatic heterocycles. The van der Waals surface area contributed by atoms with E-state index in [9.17, 15) is 9.90 Å². The smallest absolute Gasteiger partial charge is 0.407 e. The highest BCUT2D eigenvalue weighted by molar-refractivity contribution is 5.67. The predicted octanol–water partition coefficient (Wildman–Crippen LogP) is 2.04. The lowest BCUT2D eigenvalue weighted by molar-refractivity contribution is 0.126. The van der Waals surface area contributed by atoms with Crippen LogP contribution in [0.25, 0.3) is 0 Å². The number of pyridine rings is 1. The van der Waals surface area contributed by atoms with Gasteiger partial charge in [-0.25, -0.2) is 4.79 Å². The molecule has 1 unspecified atom stereocenters. The molecule has 2 aromatic rings. The van der Waals surface area contributed by atoms with Crippen LogP contribution in [0.15, 0.2) is 54.9 Å². The lowest BCUT2D eigenvalue weighted by Crippen LogP contribution is -2.28. The van der Waals surface area contributed by atoms with Gasteiger partial charge in [0.25, 0.3) is 0 Å². The number of aliphatic hydroxyl groups is 1. The number of rotatable bonds is 5. The highest BCUT2D eigenvalue weighted by atomic mass is 16.5. The van der Waals surface area contributed by atoms with Crippen molar-refractivity contribution in [3.63, 3.8) is 0 Å². The molecule has 0 spiro atoms.